The van der Waals surface area contributed by atoms with E-state index >= 15 is 0 Å². The van der Waals surface area contributed by atoms with Crippen molar-refractivity contribution in [3.8, 4) is 18.1 Å². The first-order valence-corrected chi connectivity index (χ1v) is 5.27. The Kier molecular flexibility index (Phi) is 5.39. The summed E-state index contributed by atoms with van der Waals surface area (Å²) >= 11 is 0. The first-order valence-electron chi connectivity index (χ1n) is 5.27. The summed E-state index contributed by atoms with van der Waals surface area (Å²) in [5.41, 5.74) is 0.980. The van der Waals surface area contributed by atoms with E-state index in [1.807, 2.05) is 50.5 Å². The standard InChI is InChI=1S/C14H16N2O/c1-4-12-17-14-10-6-5-8-13(14)9-7-11-15-16(2)3/h1,5-11H,12H2,2-3H3/b9-7+,15-11+. The predicted molar refractivity (Wildman–Crippen MR) is 72.0 cm³/mol. The van der Waals surface area contributed by atoms with Crippen LogP contribution in [0, 0.1) is 12.3 Å². The lowest BCUT2D eigenvalue weighted by Crippen LogP contribution is -2.00. The van der Waals surface area contributed by atoms with E-state index in [-0.39, 0.29) is 6.61 Å². The van der Waals surface area contributed by atoms with Crippen molar-refractivity contribution in [2.24, 2.45) is 5.10 Å². The zero-order chi connectivity index (χ0) is 12.5. The molecule has 0 aromatic heterocycles. The van der Waals surface area contributed by atoms with E-state index in [9.17, 15) is 0 Å². The van der Waals surface area contributed by atoms with Crippen LogP contribution in [0.25, 0.3) is 6.08 Å². The highest BCUT2D eigenvalue weighted by molar-refractivity contribution is 5.79. The zero-order valence-corrected chi connectivity index (χ0v) is 10.1. The quantitative estimate of drug-likeness (QED) is 0.439. The Morgan fingerprint density at radius 2 is 2.18 bits per heavy atom. The van der Waals surface area contributed by atoms with Crippen LogP contribution in [0.2, 0.25) is 0 Å². The normalized spacial score (nSPS) is 10.6. The van der Waals surface area contributed by atoms with E-state index in [1.54, 1.807) is 11.2 Å². The van der Waals surface area contributed by atoms with Gasteiger partial charge in [0.25, 0.3) is 0 Å². The monoisotopic (exact) mass is 228 g/mol. The van der Waals surface area contributed by atoms with Gasteiger partial charge in [-0.05, 0) is 18.2 Å². The molecule has 0 radical (unpaired) electrons. The van der Waals surface area contributed by atoms with Crippen molar-refractivity contribution in [1.29, 1.82) is 0 Å². The van der Waals surface area contributed by atoms with Crippen LogP contribution in [0.3, 0.4) is 0 Å². The molecule has 0 aliphatic heterocycles. The Balaban J connectivity index is 2.73. The Bertz CT molecular complexity index is 442. The molecule has 0 N–H and O–H groups in total. The SMILES string of the molecule is C#CCOc1ccccc1/C=C/C=N/N(C)C. The van der Waals surface area contributed by atoms with Gasteiger partial charge < -0.3 is 9.75 Å². The van der Waals surface area contributed by atoms with Crippen LogP contribution in [0.5, 0.6) is 5.75 Å². The van der Waals surface area contributed by atoms with E-state index in [0.717, 1.165) is 11.3 Å². The van der Waals surface area contributed by atoms with Crippen LogP contribution < -0.4 is 4.74 Å². The molecular formula is C14H16N2O. The Hall–Kier alpha value is -2.21. The van der Waals surface area contributed by atoms with Crippen molar-refractivity contribution in [2.75, 3.05) is 20.7 Å². The number of nitrogens with zero attached hydrogens (tertiary/aromatic N) is 2. The van der Waals surface area contributed by atoms with E-state index in [0.29, 0.717) is 0 Å². The van der Waals surface area contributed by atoms with Gasteiger partial charge in [0.05, 0.1) is 0 Å². The maximum atomic E-state index is 5.42. The first-order chi connectivity index (χ1) is 8.24. The summed E-state index contributed by atoms with van der Waals surface area (Å²) in [6, 6.07) is 7.72. The van der Waals surface area contributed by atoms with Crippen LogP contribution in [0.1, 0.15) is 5.56 Å². The fraction of sp³-hybridized carbons (Fsp3) is 0.214. The molecule has 1 aromatic carbocycles. The third kappa shape index (κ3) is 4.89. The molecule has 1 aromatic rings. The smallest absolute Gasteiger partial charge is 0.148 e. The summed E-state index contributed by atoms with van der Waals surface area (Å²) in [6.07, 6.45) is 10.7. The lowest BCUT2D eigenvalue weighted by atomic mass is 10.2. The molecule has 0 fully saturated rings. The van der Waals surface area contributed by atoms with Gasteiger partial charge in [-0.2, -0.15) is 5.10 Å². The van der Waals surface area contributed by atoms with Gasteiger partial charge in [0.1, 0.15) is 12.4 Å². The molecule has 0 unspecified atom stereocenters. The summed E-state index contributed by atoms with van der Waals surface area (Å²) in [4.78, 5) is 0. The maximum Gasteiger partial charge on any atom is 0.148 e. The minimum atomic E-state index is 0.274. The molecule has 0 atom stereocenters. The van der Waals surface area contributed by atoms with Crippen LogP contribution in [-0.2, 0) is 0 Å². The van der Waals surface area contributed by atoms with E-state index in [2.05, 4.69) is 11.0 Å². The van der Waals surface area contributed by atoms with Crippen molar-refractivity contribution in [1.82, 2.24) is 5.01 Å². The number of ether oxygens (including phenoxy) is 1. The zero-order valence-electron chi connectivity index (χ0n) is 10.1. The molecule has 0 saturated carbocycles. The van der Waals surface area contributed by atoms with Gasteiger partial charge >= 0.3 is 0 Å². The molecule has 1 rings (SSSR count). The van der Waals surface area contributed by atoms with Gasteiger partial charge in [-0.3, -0.25) is 0 Å². The third-order valence-corrected chi connectivity index (χ3v) is 1.89. The predicted octanol–water partition coefficient (Wildman–Crippen LogP) is 2.26. The highest BCUT2D eigenvalue weighted by atomic mass is 16.5. The number of terminal acetylenes is 1. The lowest BCUT2D eigenvalue weighted by molar-refractivity contribution is 0.369. The molecule has 0 saturated heterocycles. The van der Waals surface area contributed by atoms with Crippen LogP contribution in [-0.4, -0.2) is 31.9 Å². The number of rotatable bonds is 5. The Labute approximate surface area is 102 Å². The molecule has 3 nitrogen and oxygen atoms in total. The number of para-hydroxylation sites is 1. The number of allylic oxidation sites excluding steroid dienone is 1. The molecule has 88 valence electrons. The van der Waals surface area contributed by atoms with Gasteiger partial charge in [-0.15, -0.1) is 6.42 Å². The van der Waals surface area contributed by atoms with E-state index < -0.39 is 0 Å². The lowest BCUT2D eigenvalue weighted by Gasteiger charge is -2.05. The molecular weight excluding hydrogens is 212 g/mol. The van der Waals surface area contributed by atoms with Gasteiger partial charge in [-0.1, -0.05) is 24.1 Å². The highest BCUT2D eigenvalue weighted by Gasteiger charge is 1.97. The van der Waals surface area contributed by atoms with Crippen LogP contribution in [0.4, 0.5) is 0 Å². The summed E-state index contributed by atoms with van der Waals surface area (Å²) < 4.78 is 5.42. The molecule has 0 bridgehead atoms. The highest BCUT2D eigenvalue weighted by Crippen LogP contribution is 2.18. The topological polar surface area (TPSA) is 24.8 Å². The third-order valence-electron chi connectivity index (χ3n) is 1.89. The molecule has 0 aliphatic carbocycles. The molecule has 0 aliphatic rings. The van der Waals surface area contributed by atoms with Crippen molar-refractivity contribution in [2.45, 2.75) is 0 Å². The molecule has 0 heterocycles. The fourth-order valence-electron chi connectivity index (χ4n) is 1.19. The van der Waals surface area contributed by atoms with Gasteiger partial charge in [0, 0.05) is 25.9 Å². The summed E-state index contributed by atoms with van der Waals surface area (Å²) in [6.45, 7) is 0.274. The Morgan fingerprint density at radius 1 is 1.41 bits per heavy atom. The van der Waals surface area contributed by atoms with Crippen LogP contribution in [0.15, 0.2) is 35.4 Å². The second kappa shape index (κ2) is 7.13. The maximum absolute atomic E-state index is 5.42. The van der Waals surface area contributed by atoms with Gasteiger partial charge in [-0.25, -0.2) is 0 Å². The summed E-state index contributed by atoms with van der Waals surface area (Å²) in [5, 5.41) is 5.81. The minimum Gasteiger partial charge on any atom is -0.480 e. The minimum absolute atomic E-state index is 0.274. The van der Waals surface area contributed by atoms with E-state index in [1.165, 1.54) is 0 Å². The van der Waals surface area contributed by atoms with Crippen molar-refractivity contribution in [3.05, 3.63) is 35.9 Å². The number of hydrazone groups is 1. The van der Waals surface area contributed by atoms with Crippen molar-refractivity contribution in [3.63, 3.8) is 0 Å². The van der Waals surface area contributed by atoms with Crippen molar-refractivity contribution < 1.29 is 4.74 Å². The van der Waals surface area contributed by atoms with Crippen LogP contribution >= 0.6 is 0 Å². The summed E-state index contributed by atoms with van der Waals surface area (Å²) in [7, 11) is 3.74. The fourth-order valence-corrected chi connectivity index (χ4v) is 1.19. The number of benzene rings is 1. The Morgan fingerprint density at radius 3 is 2.88 bits per heavy atom. The molecule has 0 spiro atoms. The van der Waals surface area contributed by atoms with Gasteiger partial charge in [0.15, 0.2) is 0 Å². The first kappa shape index (κ1) is 12.9. The average molecular weight is 228 g/mol. The van der Waals surface area contributed by atoms with E-state index in [4.69, 9.17) is 11.2 Å². The van der Waals surface area contributed by atoms with Gasteiger partial charge in [0.2, 0.25) is 0 Å². The molecule has 17 heavy (non-hydrogen) atoms. The average Bonchev–Trinajstić information content (AvgIpc) is 2.33. The number of hydrogen-bond acceptors (Lipinski definition) is 3. The summed E-state index contributed by atoms with van der Waals surface area (Å²) in [5.74, 6) is 3.22. The second-order valence-electron chi connectivity index (χ2n) is 3.50. The molecule has 0 amide bonds. The number of hydrogen-bond donors (Lipinski definition) is 0. The molecule has 3 heteroatoms. The van der Waals surface area contributed by atoms with Crippen molar-refractivity contribution >= 4 is 12.3 Å². The largest absolute Gasteiger partial charge is 0.480 e. The second-order valence-corrected chi connectivity index (χ2v) is 3.50.